The number of aryl methyl sites for hydroxylation is 1. The molecule has 2 N–H and O–H groups in total. The number of aliphatic imine (C=N–C) groups is 1. The molecule has 0 fully saturated rings. The van der Waals surface area contributed by atoms with Crippen LogP contribution in [0.5, 0.6) is 5.75 Å². The fraction of sp³-hybridized carbons (Fsp3) is 0.308. The number of hydrogen-bond donors (Lipinski definition) is 2. The van der Waals surface area contributed by atoms with Crippen LogP contribution in [0, 0.1) is 0 Å². The lowest BCUT2D eigenvalue weighted by Gasteiger charge is -2.17. The van der Waals surface area contributed by atoms with Gasteiger partial charge in [0, 0.05) is 12.1 Å². The molecule has 0 amide bonds. The van der Waals surface area contributed by atoms with Gasteiger partial charge in [-0.3, -0.25) is 4.99 Å². The number of amidine groups is 1. The van der Waals surface area contributed by atoms with Gasteiger partial charge in [-0.2, -0.15) is 0 Å². The first-order valence-corrected chi connectivity index (χ1v) is 5.65. The molecule has 1 aliphatic heterocycles. The third-order valence-electron chi connectivity index (χ3n) is 3.13. The van der Waals surface area contributed by atoms with Crippen molar-refractivity contribution in [1.29, 1.82) is 0 Å². The van der Waals surface area contributed by atoms with E-state index in [2.05, 4.69) is 22.5 Å². The molecule has 1 aromatic carbocycles. The zero-order chi connectivity index (χ0) is 11.0. The van der Waals surface area contributed by atoms with E-state index < -0.39 is 0 Å². The summed E-state index contributed by atoms with van der Waals surface area (Å²) >= 11 is 0. The van der Waals surface area contributed by atoms with Crippen molar-refractivity contribution in [2.45, 2.75) is 12.8 Å². The van der Waals surface area contributed by atoms with E-state index in [0.717, 1.165) is 37.3 Å². The topological polar surface area (TPSA) is 44.6 Å². The Labute approximate surface area is 94.5 Å². The number of phenolic OH excluding ortho intramolecular Hbond substituents is 1. The van der Waals surface area contributed by atoms with E-state index in [1.165, 1.54) is 11.1 Å². The van der Waals surface area contributed by atoms with Crippen LogP contribution in [0.1, 0.15) is 17.5 Å². The third-order valence-corrected chi connectivity index (χ3v) is 3.13. The van der Waals surface area contributed by atoms with Gasteiger partial charge >= 0.3 is 0 Å². The Bertz CT molecular complexity index is 489. The van der Waals surface area contributed by atoms with Gasteiger partial charge < -0.3 is 10.4 Å². The first-order chi connectivity index (χ1) is 7.84. The van der Waals surface area contributed by atoms with Crippen LogP contribution in [-0.2, 0) is 6.42 Å². The van der Waals surface area contributed by atoms with E-state index >= 15 is 0 Å². The number of nitrogens with one attached hydrogen (secondary N) is 1. The van der Waals surface area contributed by atoms with Crippen LogP contribution < -0.4 is 5.32 Å². The summed E-state index contributed by atoms with van der Waals surface area (Å²) in [6, 6.07) is 5.71. The highest BCUT2D eigenvalue weighted by atomic mass is 16.3. The molecule has 16 heavy (non-hydrogen) atoms. The van der Waals surface area contributed by atoms with Gasteiger partial charge in [0.1, 0.15) is 11.6 Å². The molecule has 1 heterocycles. The maximum Gasteiger partial charge on any atom is 0.124 e. The first kappa shape index (κ1) is 9.46. The predicted octanol–water partition coefficient (Wildman–Crippen LogP) is 1.72. The molecule has 0 saturated carbocycles. The third kappa shape index (κ3) is 1.48. The zero-order valence-electron chi connectivity index (χ0n) is 9.03. The molecular weight excluding hydrogens is 200 g/mol. The zero-order valence-corrected chi connectivity index (χ0v) is 9.03. The van der Waals surface area contributed by atoms with Crippen molar-refractivity contribution in [3.63, 3.8) is 0 Å². The van der Waals surface area contributed by atoms with Crippen molar-refractivity contribution >= 4 is 11.9 Å². The minimum Gasteiger partial charge on any atom is -0.507 e. The van der Waals surface area contributed by atoms with Crippen LogP contribution in [0.2, 0.25) is 0 Å². The fourth-order valence-electron chi connectivity index (χ4n) is 2.30. The largest absolute Gasteiger partial charge is 0.507 e. The maximum absolute atomic E-state index is 9.81. The molecule has 3 nitrogen and oxygen atoms in total. The van der Waals surface area contributed by atoms with Gasteiger partial charge in [0.25, 0.3) is 0 Å². The number of rotatable bonds is 1. The van der Waals surface area contributed by atoms with Crippen molar-refractivity contribution in [3.8, 4) is 5.75 Å². The average Bonchev–Trinajstić information content (AvgIpc) is 2.83. The average molecular weight is 214 g/mol. The molecule has 3 rings (SSSR count). The van der Waals surface area contributed by atoms with E-state index in [9.17, 15) is 5.11 Å². The first-order valence-electron chi connectivity index (χ1n) is 5.65. The molecule has 0 radical (unpaired) electrons. The predicted molar refractivity (Wildman–Crippen MR) is 64.7 cm³/mol. The highest BCUT2D eigenvalue weighted by molar-refractivity contribution is 6.03. The van der Waals surface area contributed by atoms with E-state index in [1.807, 2.05) is 6.07 Å². The number of aromatic hydroxyl groups is 1. The van der Waals surface area contributed by atoms with E-state index in [0.29, 0.717) is 5.75 Å². The lowest BCUT2D eigenvalue weighted by atomic mass is 9.91. The molecule has 82 valence electrons. The van der Waals surface area contributed by atoms with E-state index in [1.54, 1.807) is 6.07 Å². The van der Waals surface area contributed by atoms with Crippen LogP contribution in [0.15, 0.2) is 28.8 Å². The summed E-state index contributed by atoms with van der Waals surface area (Å²) in [5, 5.41) is 13.1. The monoisotopic (exact) mass is 214 g/mol. The summed E-state index contributed by atoms with van der Waals surface area (Å²) in [6.45, 7) is 1.79. The summed E-state index contributed by atoms with van der Waals surface area (Å²) < 4.78 is 0. The maximum atomic E-state index is 9.81. The molecular formula is C13H14N2O. The van der Waals surface area contributed by atoms with E-state index in [4.69, 9.17) is 0 Å². The Kier molecular flexibility index (Phi) is 2.17. The highest BCUT2D eigenvalue weighted by Crippen LogP contribution is 2.30. The van der Waals surface area contributed by atoms with Gasteiger partial charge in [-0.25, -0.2) is 0 Å². The van der Waals surface area contributed by atoms with Crippen molar-refractivity contribution in [2.75, 3.05) is 13.1 Å². The van der Waals surface area contributed by atoms with Gasteiger partial charge in [0.2, 0.25) is 0 Å². The van der Waals surface area contributed by atoms with Crippen LogP contribution in [0.3, 0.4) is 0 Å². The van der Waals surface area contributed by atoms with Gasteiger partial charge in [-0.05, 0) is 36.1 Å². The standard InChI is InChI=1S/C13H14N2O/c16-12-3-1-2-9-4-5-10(8-11(9)12)13-14-6-7-15-13/h1-3,8,16H,4-7H2,(H,14,15). The van der Waals surface area contributed by atoms with Crippen LogP contribution in [0.4, 0.5) is 0 Å². The summed E-state index contributed by atoms with van der Waals surface area (Å²) in [5.41, 5.74) is 3.40. The smallest absolute Gasteiger partial charge is 0.124 e. The molecule has 0 atom stereocenters. The van der Waals surface area contributed by atoms with Crippen molar-refractivity contribution in [3.05, 3.63) is 34.9 Å². The Balaban J connectivity index is 2.03. The molecule has 2 aliphatic rings. The normalized spacial score (nSPS) is 18.5. The second-order valence-electron chi connectivity index (χ2n) is 4.18. The molecule has 0 unspecified atom stereocenters. The number of nitrogens with zero attached hydrogens (tertiary/aromatic N) is 1. The van der Waals surface area contributed by atoms with Gasteiger partial charge in [0.05, 0.1) is 6.54 Å². The van der Waals surface area contributed by atoms with Crippen molar-refractivity contribution < 1.29 is 5.11 Å². The quantitative estimate of drug-likeness (QED) is 0.747. The molecule has 0 aromatic heterocycles. The van der Waals surface area contributed by atoms with Crippen LogP contribution in [-0.4, -0.2) is 24.0 Å². The Morgan fingerprint density at radius 2 is 2.19 bits per heavy atom. The summed E-state index contributed by atoms with van der Waals surface area (Å²) in [5.74, 6) is 1.38. The summed E-state index contributed by atoms with van der Waals surface area (Å²) in [4.78, 5) is 4.42. The Morgan fingerprint density at radius 3 is 3.00 bits per heavy atom. The van der Waals surface area contributed by atoms with Gasteiger partial charge in [-0.15, -0.1) is 0 Å². The van der Waals surface area contributed by atoms with Crippen LogP contribution in [0.25, 0.3) is 6.08 Å². The molecule has 0 bridgehead atoms. The molecule has 0 spiro atoms. The SMILES string of the molecule is Oc1cccc2c1C=C(C1=NCCN1)CC2. The van der Waals surface area contributed by atoms with Gasteiger partial charge in [-0.1, -0.05) is 12.1 Å². The number of benzene rings is 1. The molecule has 1 aliphatic carbocycles. The fourth-order valence-corrected chi connectivity index (χ4v) is 2.30. The number of phenols is 1. The molecule has 3 heteroatoms. The highest BCUT2D eigenvalue weighted by Gasteiger charge is 2.18. The Hall–Kier alpha value is -1.77. The number of hydrogen-bond acceptors (Lipinski definition) is 3. The minimum absolute atomic E-state index is 0.369. The van der Waals surface area contributed by atoms with E-state index in [-0.39, 0.29) is 0 Å². The lowest BCUT2D eigenvalue weighted by Crippen LogP contribution is -2.22. The molecule has 0 saturated heterocycles. The second-order valence-corrected chi connectivity index (χ2v) is 4.18. The summed E-state index contributed by atoms with van der Waals surface area (Å²) in [6.07, 6.45) is 4.05. The van der Waals surface area contributed by atoms with Crippen LogP contribution >= 0.6 is 0 Å². The Morgan fingerprint density at radius 1 is 1.25 bits per heavy atom. The van der Waals surface area contributed by atoms with Gasteiger partial charge in [0.15, 0.2) is 0 Å². The molecule has 1 aromatic rings. The van der Waals surface area contributed by atoms with Crippen molar-refractivity contribution in [2.24, 2.45) is 4.99 Å². The number of fused-ring (bicyclic) bond motifs is 1. The minimum atomic E-state index is 0.369. The second kappa shape index (κ2) is 3.67. The lowest BCUT2D eigenvalue weighted by molar-refractivity contribution is 0.473. The summed E-state index contributed by atoms with van der Waals surface area (Å²) in [7, 11) is 0. The van der Waals surface area contributed by atoms with Crippen molar-refractivity contribution in [1.82, 2.24) is 5.32 Å².